The van der Waals surface area contributed by atoms with Crippen LogP contribution in [0, 0.1) is 24.4 Å². The summed E-state index contributed by atoms with van der Waals surface area (Å²) in [6, 6.07) is 16.3. The van der Waals surface area contributed by atoms with Crippen LogP contribution in [0.25, 0.3) is 22.3 Å². The summed E-state index contributed by atoms with van der Waals surface area (Å²) < 4.78 is 58.4. The maximum Gasteiger partial charge on any atom is 0.335 e. The molecule has 1 aliphatic heterocycles. The second-order valence-corrected chi connectivity index (χ2v) is 10.6. The summed E-state index contributed by atoms with van der Waals surface area (Å²) in [6.45, 7) is 2.76. The predicted molar refractivity (Wildman–Crippen MR) is 154 cm³/mol. The Kier molecular flexibility index (Phi) is 7.86. The quantitative estimate of drug-likeness (QED) is 0.210. The van der Waals surface area contributed by atoms with Gasteiger partial charge < -0.3 is 19.1 Å². The molecule has 5 aromatic rings. The zero-order chi connectivity index (χ0) is 30.1. The van der Waals surface area contributed by atoms with Crippen LogP contribution in [0.15, 0.2) is 66.7 Å². The highest BCUT2D eigenvalue weighted by Crippen LogP contribution is 2.31. The minimum atomic E-state index is -1.06. The summed E-state index contributed by atoms with van der Waals surface area (Å²) >= 11 is 0. The van der Waals surface area contributed by atoms with Gasteiger partial charge in [0.1, 0.15) is 29.9 Å². The summed E-state index contributed by atoms with van der Waals surface area (Å²) in [5.41, 5.74) is 2.63. The molecule has 3 heterocycles. The molecule has 0 amide bonds. The fourth-order valence-electron chi connectivity index (χ4n) is 5.39. The normalized spacial score (nSPS) is 15.1. The molecule has 220 valence electrons. The number of carbonyl (C=O) groups is 1. The number of imidazole rings is 1. The van der Waals surface area contributed by atoms with E-state index in [1.165, 1.54) is 12.1 Å². The van der Waals surface area contributed by atoms with Crippen molar-refractivity contribution in [2.24, 2.45) is 0 Å². The Hall–Kier alpha value is -4.70. The molecule has 7 nitrogen and oxygen atoms in total. The molecule has 1 N–H and O–H groups in total. The first-order chi connectivity index (χ1) is 20.8. The van der Waals surface area contributed by atoms with E-state index in [0.29, 0.717) is 35.6 Å². The van der Waals surface area contributed by atoms with Crippen molar-refractivity contribution in [1.82, 2.24) is 14.5 Å². The van der Waals surface area contributed by atoms with Gasteiger partial charge in [-0.15, -0.1) is 0 Å². The Morgan fingerprint density at radius 2 is 1.84 bits per heavy atom. The molecule has 2 aromatic heterocycles. The lowest BCUT2D eigenvalue weighted by molar-refractivity contribution is 0.0596. The number of aryl methyl sites for hydroxylation is 1. The van der Waals surface area contributed by atoms with Crippen LogP contribution in [0.5, 0.6) is 5.88 Å². The van der Waals surface area contributed by atoms with Crippen molar-refractivity contribution >= 4 is 17.0 Å². The molecule has 10 heteroatoms. The Labute approximate surface area is 245 Å². The average Bonchev–Trinajstić information content (AvgIpc) is 3.36. The van der Waals surface area contributed by atoms with Gasteiger partial charge in [-0.2, -0.15) is 0 Å². The van der Waals surface area contributed by atoms with Gasteiger partial charge in [0.05, 0.1) is 34.9 Å². The number of fused-ring (bicyclic) bond motifs is 1. The second kappa shape index (κ2) is 11.9. The molecule has 43 heavy (non-hydrogen) atoms. The van der Waals surface area contributed by atoms with Crippen molar-refractivity contribution in [3.05, 3.63) is 112 Å². The smallest absolute Gasteiger partial charge is 0.335 e. The lowest BCUT2D eigenvalue weighted by Crippen LogP contribution is -2.23. The second-order valence-electron chi connectivity index (χ2n) is 10.6. The number of carboxylic acids is 1. The van der Waals surface area contributed by atoms with E-state index in [0.717, 1.165) is 30.5 Å². The van der Waals surface area contributed by atoms with E-state index in [1.807, 2.05) is 4.57 Å². The number of nitrogens with zero attached hydrogens (tertiary/aromatic N) is 3. The molecule has 0 radical (unpaired) electrons. The number of hydrogen-bond donors (Lipinski definition) is 1. The van der Waals surface area contributed by atoms with Crippen molar-refractivity contribution in [1.29, 1.82) is 0 Å². The zero-order valence-corrected chi connectivity index (χ0v) is 23.3. The predicted octanol–water partition coefficient (Wildman–Crippen LogP) is 7.04. The molecule has 0 bridgehead atoms. The van der Waals surface area contributed by atoms with Gasteiger partial charge in [0, 0.05) is 30.2 Å². The molecule has 1 atom stereocenters. The lowest BCUT2D eigenvalue weighted by atomic mass is 10.0. The van der Waals surface area contributed by atoms with Gasteiger partial charge in [-0.1, -0.05) is 18.2 Å². The molecule has 1 fully saturated rings. The van der Waals surface area contributed by atoms with Crippen LogP contribution >= 0.6 is 0 Å². The van der Waals surface area contributed by atoms with Crippen LogP contribution in [0.1, 0.15) is 51.8 Å². The first kappa shape index (κ1) is 28.4. The Morgan fingerprint density at radius 3 is 2.60 bits per heavy atom. The SMILES string of the molecule is Cc1ccc(COc2cccc(-c3cc(F)c(Cc4nc5ccc(C(=O)O)cc5n4C4CCCOC4)cc3F)n2)c(F)c1. The van der Waals surface area contributed by atoms with Crippen molar-refractivity contribution in [3.63, 3.8) is 0 Å². The Morgan fingerprint density at radius 1 is 1.00 bits per heavy atom. The third-order valence-electron chi connectivity index (χ3n) is 7.58. The van der Waals surface area contributed by atoms with Gasteiger partial charge in [-0.3, -0.25) is 0 Å². The summed E-state index contributed by atoms with van der Waals surface area (Å²) in [5.74, 6) is -2.16. The fraction of sp³-hybridized carbons (Fsp3) is 0.242. The topological polar surface area (TPSA) is 86.5 Å². The molecular formula is C33H28F3N3O4. The van der Waals surface area contributed by atoms with E-state index >= 15 is 8.78 Å². The summed E-state index contributed by atoms with van der Waals surface area (Å²) in [4.78, 5) is 20.6. The molecule has 1 unspecified atom stereocenters. The number of halogens is 3. The third-order valence-corrected chi connectivity index (χ3v) is 7.58. The molecule has 6 rings (SSSR count). The van der Waals surface area contributed by atoms with Crippen molar-refractivity contribution in [2.75, 3.05) is 13.2 Å². The number of aromatic nitrogens is 3. The van der Waals surface area contributed by atoms with Gasteiger partial charge in [-0.05, 0) is 73.4 Å². The third kappa shape index (κ3) is 5.96. The summed E-state index contributed by atoms with van der Waals surface area (Å²) in [6.07, 6.45) is 1.58. The minimum absolute atomic E-state index is 0.0185. The van der Waals surface area contributed by atoms with E-state index < -0.39 is 23.4 Å². The van der Waals surface area contributed by atoms with Gasteiger partial charge in [0.15, 0.2) is 0 Å². The molecule has 0 aliphatic carbocycles. The van der Waals surface area contributed by atoms with Crippen LogP contribution in [-0.2, 0) is 17.8 Å². The number of ether oxygens (including phenoxy) is 2. The largest absolute Gasteiger partial charge is 0.478 e. The van der Waals surface area contributed by atoms with E-state index in [9.17, 15) is 14.3 Å². The lowest BCUT2D eigenvalue weighted by Gasteiger charge is -2.26. The number of rotatable bonds is 8. The van der Waals surface area contributed by atoms with Crippen molar-refractivity contribution in [3.8, 4) is 17.1 Å². The zero-order valence-electron chi connectivity index (χ0n) is 23.3. The standard InChI is InChI=1S/C33H28F3N3O4/c1-19-7-8-21(25(34)12-19)17-43-32-6-2-5-28(38-32)24-16-26(35)22(13-27(24)36)15-31-37-29-10-9-20(33(40)41)14-30(29)39(31)23-4-3-11-42-18-23/h2,5-10,12-14,16,23H,3-4,11,15,17-18H2,1H3,(H,40,41). The average molecular weight is 588 g/mol. The van der Waals surface area contributed by atoms with Crippen LogP contribution in [0.4, 0.5) is 13.2 Å². The van der Waals surface area contributed by atoms with Crippen LogP contribution in [-0.4, -0.2) is 38.8 Å². The van der Waals surface area contributed by atoms with Crippen LogP contribution in [0.2, 0.25) is 0 Å². The molecule has 0 saturated carbocycles. The van der Waals surface area contributed by atoms with E-state index in [4.69, 9.17) is 9.47 Å². The molecule has 1 aliphatic rings. The highest BCUT2D eigenvalue weighted by molar-refractivity contribution is 5.92. The number of benzene rings is 3. The van der Waals surface area contributed by atoms with E-state index in [-0.39, 0.29) is 47.3 Å². The first-order valence-electron chi connectivity index (χ1n) is 13.9. The first-order valence-corrected chi connectivity index (χ1v) is 13.9. The summed E-state index contributed by atoms with van der Waals surface area (Å²) in [5, 5.41) is 9.52. The highest BCUT2D eigenvalue weighted by Gasteiger charge is 2.24. The van der Waals surface area contributed by atoms with Crippen LogP contribution < -0.4 is 4.74 Å². The van der Waals surface area contributed by atoms with Crippen molar-refractivity contribution < 1.29 is 32.5 Å². The van der Waals surface area contributed by atoms with E-state index in [1.54, 1.807) is 49.4 Å². The number of carboxylic acid groups (broad SMARTS) is 1. The Bertz CT molecular complexity index is 1830. The number of hydrogen-bond acceptors (Lipinski definition) is 5. The number of pyridine rings is 1. The molecule has 1 saturated heterocycles. The molecule has 0 spiro atoms. The maximum atomic E-state index is 15.5. The number of aromatic carboxylic acids is 1. The van der Waals surface area contributed by atoms with Gasteiger partial charge in [0.2, 0.25) is 5.88 Å². The summed E-state index contributed by atoms with van der Waals surface area (Å²) in [7, 11) is 0. The molecular weight excluding hydrogens is 559 g/mol. The van der Waals surface area contributed by atoms with Gasteiger partial charge in [-0.25, -0.2) is 27.9 Å². The van der Waals surface area contributed by atoms with Crippen LogP contribution in [0.3, 0.4) is 0 Å². The van der Waals surface area contributed by atoms with Gasteiger partial charge in [0.25, 0.3) is 0 Å². The van der Waals surface area contributed by atoms with E-state index in [2.05, 4.69) is 9.97 Å². The van der Waals surface area contributed by atoms with Gasteiger partial charge >= 0.3 is 5.97 Å². The Balaban J connectivity index is 1.29. The maximum absolute atomic E-state index is 15.5. The minimum Gasteiger partial charge on any atom is -0.478 e. The van der Waals surface area contributed by atoms with Crippen molar-refractivity contribution in [2.45, 2.75) is 38.8 Å². The molecule has 3 aromatic carbocycles. The fourth-order valence-corrected chi connectivity index (χ4v) is 5.39. The monoisotopic (exact) mass is 587 g/mol. The highest BCUT2D eigenvalue weighted by atomic mass is 19.1.